The van der Waals surface area contributed by atoms with Crippen LogP contribution in [-0.4, -0.2) is 92.6 Å². The first-order chi connectivity index (χ1) is 25.5. The van der Waals surface area contributed by atoms with Crippen molar-refractivity contribution >= 4 is 29.1 Å². The largest absolute Gasteiger partial charge is 0.455 e. The number of fused-ring (bicyclic) bond motifs is 5. The molecule has 2 aromatic heterocycles. The second-order valence-electron chi connectivity index (χ2n) is 16.1. The number of pyridine rings is 1. The summed E-state index contributed by atoms with van der Waals surface area (Å²) in [7, 11) is 1.78. The van der Waals surface area contributed by atoms with E-state index >= 15 is 0 Å². The molecule has 3 heterocycles. The van der Waals surface area contributed by atoms with Gasteiger partial charge >= 0.3 is 17.8 Å². The Labute approximate surface area is 318 Å². The van der Waals surface area contributed by atoms with Crippen molar-refractivity contribution in [3.05, 3.63) is 93.8 Å². The van der Waals surface area contributed by atoms with Gasteiger partial charge in [0, 0.05) is 41.5 Å². The molecule has 4 N–H and O–H groups in total. The van der Waals surface area contributed by atoms with E-state index in [0.717, 1.165) is 5.56 Å². The fourth-order valence-electron chi connectivity index (χ4n) is 9.44. The van der Waals surface area contributed by atoms with E-state index in [9.17, 15) is 34.8 Å². The maximum absolute atomic E-state index is 14.8. The third-order valence-electron chi connectivity index (χ3n) is 12.9. The molecule has 2 bridgehead atoms. The van der Waals surface area contributed by atoms with Crippen molar-refractivity contribution in [2.45, 2.75) is 101 Å². The van der Waals surface area contributed by atoms with Crippen molar-refractivity contribution in [1.29, 1.82) is 0 Å². The van der Waals surface area contributed by atoms with Gasteiger partial charge in [0.2, 0.25) is 6.10 Å². The zero-order chi connectivity index (χ0) is 39.0. The van der Waals surface area contributed by atoms with Crippen LogP contribution in [-0.2, 0) is 30.8 Å². The number of carbonyl (C=O) groups is 3. The predicted octanol–water partition coefficient (Wildman–Crippen LogP) is 3.20. The van der Waals surface area contributed by atoms with E-state index in [1.54, 1.807) is 67.5 Å². The van der Waals surface area contributed by atoms with E-state index in [-0.39, 0.29) is 30.6 Å². The Bertz CT molecular complexity index is 1970. The molecular formula is C41H48NO11S+. The summed E-state index contributed by atoms with van der Waals surface area (Å²) in [5.74, 6) is -3.96. The molecule has 4 aliphatic rings. The highest BCUT2D eigenvalue weighted by Gasteiger charge is 2.76. The number of aromatic nitrogens is 1. The molecule has 0 spiro atoms. The number of aryl methyl sites for hydroxylation is 1. The van der Waals surface area contributed by atoms with Gasteiger partial charge in [-0.15, -0.1) is 0 Å². The van der Waals surface area contributed by atoms with Gasteiger partial charge in [0.25, 0.3) is 0 Å². The minimum Gasteiger partial charge on any atom is -0.455 e. The molecule has 1 aliphatic heterocycles. The Morgan fingerprint density at radius 3 is 2.35 bits per heavy atom. The summed E-state index contributed by atoms with van der Waals surface area (Å²) in [5, 5.41) is 52.7. The Morgan fingerprint density at radius 2 is 1.72 bits per heavy atom. The Balaban J connectivity index is 1.36. The molecule has 1 saturated heterocycles. The fourth-order valence-corrected chi connectivity index (χ4v) is 10.1. The van der Waals surface area contributed by atoms with Crippen LogP contribution in [0.2, 0.25) is 0 Å². The number of ketones is 1. The van der Waals surface area contributed by atoms with Gasteiger partial charge in [0.05, 0.1) is 35.9 Å². The molecule has 7 rings (SSSR count). The minimum atomic E-state index is -2.19. The maximum atomic E-state index is 14.8. The Morgan fingerprint density at radius 1 is 1.02 bits per heavy atom. The first-order valence-corrected chi connectivity index (χ1v) is 19.2. The molecule has 11 atom stereocenters. The number of hydrogen-bond donors (Lipinski definition) is 4. The van der Waals surface area contributed by atoms with Crippen LogP contribution in [0.3, 0.4) is 0 Å². The van der Waals surface area contributed by atoms with Gasteiger partial charge in [-0.1, -0.05) is 51.1 Å². The Hall–Kier alpha value is -3.98. The summed E-state index contributed by atoms with van der Waals surface area (Å²) in [4.78, 5) is 43.1. The van der Waals surface area contributed by atoms with E-state index in [0.29, 0.717) is 11.5 Å². The number of Topliss-reactive ketones (excluding diaryl/α,β-unsaturated/α-hetero) is 1. The number of carbonyl (C=O) groups excluding carboxylic acids is 3. The maximum Gasteiger partial charge on any atom is 0.368 e. The molecule has 1 aromatic carbocycles. The zero-order valence-corrected chi connectivity index (χ0v) is 32.0. The van der Waals surface area contributed by atoms with Crippen molar-refractivity contribution in [3.8, 4) is 5.88 Å². The standard InChI is InChI=1S/C41H48NO11S/c1-22(24-12-8-7-9-13-24)32(52-29-14-10-11-16-42(29)6)37(47)51-26-19-41(49)35(53-36(46)25-15-17-54-20-25)33-39(5,27(43)18-28-40(33,48)21-50-28)34(45)31(44)30(23(26)2)38(41,3)4/h7-17,20,22,26-28,31-33,35,43-44,48-49H,18-19,21H2,1-6H3/q+1/t22-,26?,27?,28?,31?,32?,33?,35?,39+,40?,41?/m0/s1. The van der Waals surface area contributed by atoms with Crippen LogP contribution in [0.15, 0.2) is 82.7 Å². The van der Waals surface area contributed by atoms with Crippen molar-refractivity contribution in [3.63, 3.8) is 0 Å². The average Bonchev–Trinajstić information content (AvgIpc) is 3.69. The van der Waals surface area contributed by atoms with Gasteiger partial charge in [-0.25, -0.2) is 9.59 Å². The van der Waals surface area contributed by atoms with Gasteiger partial charge in [0.15, 0.2) is 12.0 Å². The summed E-state index contributed by atoms with van der Waals surface area (Å²) in [5.41, 5.74) is -6.02. The van der Waals surface area contributed by atoms with Gasteiger partial charge in [0.1, 0.15) is 36.6 Å². The first kappa shape index (κ1) is 38.3. The molecule has 3 aromatic rings. The number of esters is 2. The number of nitrogens with zero attached hydrogens (tertiary/aromatic N) is 1. The smallest absolute Gasteiger partial charge is 0.368 e. The number of benzene rings is 1. The van der Waals surface area contributed by atoms with E-state index in [2.05, 4.69) is 0 Å². The van der Waals surface area contributed by atoms with Crippen LogP contribution in [0.1, 0.15) is 69.3 Å². The number of thiophene rings is 1. The second-order valence-corrected chi connectivity index (χ2v) is 16.9. The molecule has 9 unspecified atom stereocenters. The second kappa shape index (κ2) is 13.6. The van der Waals surface area contributed by atoms with E-state index in [1.165, 1.54) is 18.3 Å². The zero-order valence-electron chi connectivity index (χ0n) is 31.2. The van der Waals surface area contributed by atoms with E-state index < -0.39 is 88.2 Å². The fraction of sp³-hybridized carbons (Fsp3) is 0.512. The quantitative estimate of drug-likeness (QED) is 0.151. The van der Waals surface area contributed by atoms with Crippen molar-refractivity contribution < 1.29 is 58.3 Å². The van der Waals surface area contributed by atoms with Crippen LogP contribution in [0.25, 0.3) is 0 Å². The Kier molecular flexibility index (Phi) is 9.68. The third kappa shape index (κ3) is 5.74. The summed E-state index contributed by atoms with van der Waals surface area (Å²) >= 11 is 1.26. The molecular weight excluding hydrogens is 715 g/mol. The van der Waals surface area contributed by atoms with Gasteiger partial charge in [-0.2, -0.15) is 15.9 Å². The number of rotatable bonds is 8. The summed E-state index contributed by atoms with van der Waals surface area (Å²) in [6, 6.07) is 16.2. The first-order valence-electron chi connectivity index (χ1n) is 18.2. The lowest BCUT2D eigenvalue weighted by atomic mass is 9.44. The molecule has 13 heteroatoms. The summed E-state index contributed by atoms with van der Waals surface area (Å²) < 4.78 is 26.3. The number of aliphatic hydroxyl groups is 4. The van der Waals surface area contributed by atoms with Crippen LogP contribution < -0.4 is 9.30 Å². The number of ether oxygens (including phenoxy) is 4. The predicted molar refractivity (Wildman–Crippen MR) is 194 cm³/mol. The molecule has 3 aliphatic carbocycles. The monoisotopic (exact) mass is 762 g/mol. The minimum absolute atomic E-state index is 0.0736. The van der Waals surface area contributed by atoms with E-state index in [4.69, 9.17) is 18.9 Å². The van der Waals surface area contributed by atoms with Crippen LogP contribution >= 0.6 is 11.3 Å². The van der Waals surface area contributed by atoms with Crippen molar-refractivity contribution in [2.24, 2.45) is 23.8 Å². The highest BCUT2D eigenvalue weighted by molar-refractivity contribution is 7.08. The average molecular weight is 763 g/mol. The van der Waals surface area contributed by atoms with Crippen LogP contribution in [0.5, 0.6) is 5.88 Å². The molecule has 288 valence electrons. The topological polar surface area (TPSA) is 173 Å². The molecule has 0 radical (unpaired) electrons. The van der Waals surface area contributed by atoms with Gasteiger partial charge in [-0.05, 0) is 48.1 Å². The molecule has 0 amide bonds. The molecule has 2 saturated carbocycles. The molecule has 3 fully saturated rings. The molecule has 54 heavy (non-hydrogen) atoms. The lowest BCUT2D eigenvalue weighted by Crippen LogP contribution is -2.81. The van der Waals surface area contributed by atoms with E-state index in [1.807, 2.05) is 43.3 Å². The molecule has 12 nitrogen and oxygen atoms in total. The van der Waals surface area contributed by atoms with Gasteiger partial charge in [-0.3, -0.25) is 4.79 Å². The lowest BCUT2D eigenvalue weighted by Gasteiger charge is -2.66. The highest BCUT2D eigenvalue weighted by Crippen LogP contribution is 2.63. The SMILES string of the molecule is CC1=C2C(O)C(=O)[C@]3(C)C(O)CC4OCC4(O)C3C(OC(=O)c3ccsc3)C(O)(CC1OC(=O)C(Oc1cccc[n+]1C)[C@@H](C)c1ccccc1)C2(C)C. The normalized spacial score (nSPS) is 35.3. The summed E-state index contributed by atoms with van der Waals surface area (Å²) in [6.07, 6.45) is -7.02. The van der Waals surface area contributed by atoms with Gasteiger partial charge < -0.3 is 39.4 Å². The third-order valence-corrected chi connectivity index (χ3v) is 13.6. The van der Waals surface area contributed by atoms with Crippen LogP contribution in [0.4, 0.5) is 0 Å². The highest BCUT2D eigenvalue weighted by atomic mass is 32.1. The number of hydrogen-bond acceptors (Lipinski definition) is 12. The number of aliphatic hydroxyl groups excluding tert-OH is 2. The summed E-state index contributed by atoms with van der Waals surface area (Å²) in [6.45, 7) is 7.91. The lowest BCUT2D eigenvalue weighted by molar-refractivity contribution is -0.677. The van der Waals surface area contributed by atoms with Crippen molar-refractivity contribution in [1.82, 2.24) is 0 Å². The van der Waals surface area contributed by atoms with Crippen molar-refractivity contribution in [2.75, 3.05) is 6.61 Å². The van der Waals surface area contributed by atoms with Crippen LogP contribution in [0, 0.1) is 16.7 Å².